The number of hydrogen-bond donors (Lipinski definition) is 1. The van der Waals surface area contributed by atoms with Gasteiger partial charge in [-0.25, -0.2) is 0 Å². The van der Waals surface area contributed by atoms with E-state index in [0.29, 0.717) is 17.0 Å². The highest BCUT2D eigenvalue weighted by Crippen LogP contribution is 2.24. The van der Waals surface area contributed by atoms with Gasteiger partial charge in [0.25, 0.3) is 5.91 Å². The zero-order valence-electron chi connectivity index (χ0n) is 18.6. The number of fused-ring (bicyclic) bond motifs is 1. The fraction of sp³-hybridized carbons (Fsp3) is 0.0370. The summed E-state index contributed by atoms with van der Waals surface area (Å²) in [5, 5.41) is 14.1. The monoisotopic (exact) mass is 484 g/mol. The van der Waals surface area contributed by atoms with Crippen LogP contribution in [0.3, 0.4) is 0 Å². The molecular weight excluding hydrogens is 464 g/mol. The molecule has 0 spiro atoms. The highest BCUT2D eigenvalue weighted by molar-refractivity contribution is 7.87. The SMILES string of the molecule is COc1ccc(S(=O)(=O)Oc2ccc(/C=C(\C#N)C(=O)Nc3cccc4ccccc34)cc2)cc1. The topological polar surface area (TPSA) is 105 Å². The molecule has 1 N–H and O–H groups in total. The molecule has 0 saturated heterocycles. The molecule has 0 unspecified atom stereocenters. The van der Waals surface area contributed by atoms with E-state index in [1.807, 2.05) is 42.5 Å². The molecule has 8 heteroatoms. The third-order valence-corrected chi connectivity index (χ3v) is 6.41. The van der Waals surface area contributed by atoms with Gasteiger partial charge in [0.05, 0.1) is 7.11 Å². The van der Waals surface area contributed by atoms with E-state index in [1.54, 1.807) is 18.2 Å². The van der Waals surface area contributed by atoms with E-state index in [0.717, 1.165) is 10.8 Å². The van der Waals surface area contributed by atoms with E-state index in [1.165, 1.54) is 49.6 Å². The Morgan fingerprint density at radius 2 is 1.54 bits per heavy atom. The first kappa shape index (κ1) is 23.5. The van der Waals surface area contributed by atoms with Gasteiger partial charge in [-0.2, -0.15) is 13.7 Å². The van der Waals surface area contributed by atoms with Crippen molar-refractivity contribution in [2.24, 2.45) is 0 Å². The molecule has 4 aromatic carbocycles. The molecule has 0 heterocycles. The zero-order valence-corrected chi connectivity index (χ0v) is 19.5. The van der Waals surface area contributed by atoms with Crippen molar-refractivity contribution in [3.8, 4) is 17.6 Å². The van der Waals surface area contributed by atoms with Crippen LogP contribution in [0.4, 0.5) is 5.69 Å². The number of nitrogens with zero attached hydrogens (tertiary/aromatic N) is 1. The second kappa shape index (κ2) is 10.1. The fourth-order valence-electron chi connectivity index (χ4n) is 3.38. The standard InChI is InChI=1S/C27H20N2O5S/c1-33-22-13-15-24(16-14-22)35(31,32)34-23-11-9-19(10-12-23)17-21(18-28)27(30)29-26-8-4-6-20-5-2-3-7-25(20)26/h2-17H,1H3,(H,29,30)/b21-17+. The summed E-state index contributed by atoms with van der Waals surface area (Å²) in [4.78, 5) is 12.7. The summed E-state index contributed by atoms with van der Waals surface area (Å²) in [6, 6.07) is 26.9. The van der Waals surface area contributed by atoms with Crippen LogP contribution < -0.4 is 14.2 Å². The van der Waals surface area contributed by atoms with Gasteiger partial charge in [0.2, 0.25) is 0 Å². The number of hydrogen-bond acceptors (Lipinski definition) is 6. The van der Waals surface area contributed by atoms with Crippen LogP contribution >= 0.6 is 0 Å². The van der Waals surface area contributed by atoms with Crippen molar-refractivity contribution in [1.29, 1.82) is 5.26 Å². The second-order valence-corrected chi connectivity index (χ2v) is 8.98. The number of carbonyl (C=O) groups is 1. The lowest BCUT2D eigenvalue weighted by Crippen LogP contribution is -2.13. The van der Waals surface area contributed by atoms with Crippen molar-refractivity contribution in [2.75, 3.05) is 12.4 Å². The highest BCUT2D eigenvalue weighted by Gasteiger charge is 2.17. The number of nitrogens with one attached hydrogen (secondary N) is 1. The molecule has 4 rings (SSSR count). The molecule has 0 aliphatic rings. The first-order chi connectivity index (χ1) is 16.9. The number of benzene rings is 4. The summed E-state index contributed by atoms with van der Waals surface area (Å²) in [6.45, 7) is 0. The first-order valence-corrected chi connectivity index (χ1v) is 11.9. The molecule has 0 atom stereocenters. The number of nitriles is 1. The molecule has 1 amide bonds. The molecule has 174 valence electrons. The van der Waals surface area contributed by atoms with Gasteiger partial charge in [-0.3, -0.25) is 4.79 Å². The Morgan fingerprint density at radius 1 is 0.886 bits per heavy atom. The Balaban J connectivity index is 1.49. The summed E-state index contributed by atoms with van der Waals surface area (Å²) in [5.74, 6) is 0.0702. The molecule has 4 aromatic rings. The van der Waals surface area contributed by atoms with Crippen molar-refractivity contribution in [2.45, 2.75) is 4.90 Å². The summed E-state index contributed by atoms with van der Waals surface area (Å²) < 4.78 is 35.2. The van der Waals surface area contributed by atoms with E-state index in [9.17, 15) is 18.5 Å². The number of anilines is 1. The molecule has 0 bridgehead atoms. The lowest BCUT2D eigenvalue weighted by Gasteiger charge is -2.09. The fourth-order valence-corrected chi connectivity index (χ4v) is 4.31. The molecule has 7 nitrogen and oxygen atoms in total. The van der Waals surface area contributed by atoms with E-state index >= 15 is 0 Å². The molecule has 35 heavy (non-hydrogen) atoms. The predicted octanol–water partition coefficient (Wildman–Crippen LogP) is 5.16. The van der Waals surface area contributed by atoms with E-state index in [4.69, 9.17) is 8.92 Å². The lowest BCUT2D eigenvalue weighted by atomic mass is 10.1. The molecule has 0 aromatic heterocycles. The van der Waals surface area contributed by atoms with Gasteiger partial charge >= 0.3 is 10.1 Å². The van der Waals surface area contributed by atoms with E-state index < -0.39 is 16.0 Å². The van der Waals surface area contributed by atoms with Crippen molar-refractivity contribution >= 4 is 38.6 Å². The van der Waals surface area contributed by atoms with Crippen LogP contribution in [0.15, 0.2) is 101 Å². The second-order valence-electron chi connectivity index (χ2n) is 7.43. The Morgan fingerprint density at radius 3 is 2.23 bits per heavy atom. The smallest absolute Gasteiger partial charge is 0.339 e. The predicted molar refractivity (Wildman–Crippen MR) is 133 cm³/mol. The molecule has 0 radical (unpaired) electrons. The van der Waals surface area contributed by atoms with E-state index in [2.05, 4.69) is 5.32 Å². The van der Waals surface area contributed by atoms with E-state index in [-0.39, 0.29) is 16.2 Å². The number of carbonyl (C=O) groups excluding carboxylic acids is 1. The van der Waals surface area contributed by atoms with Gasteiger partial charge in [-0.15, -0.1) is 0 Å². The van der Waals surface area contributed by atoms with Gasteiger partial charge in [0.1, 0.15) is 28.0 Å². The summed E-state index contributed by atoms with van der Waals surface area (Å²) in [5.41, 5.74) is 1.03. The van der Waals surface area contributed by atoms with Gasteiger partial charge in [-0.05, 0) is 59.5 Å². The van der Waals surface area contributed by atoms with Crippen LogP contribution in [0.1, 0.15) is 5.56 Å². The third-order valence-electron chi connectivity index (χ3n) is 5.15. The van der Waals surface area contributed by atoms with Crippen LogP contribution in [-0.4, -0.2) is 21.4 Å². The number of methoxy groups -OCH3 is 1. The number of ether oxygens (including phenoxy) is 1. The van der Waals surface area contributed by atoms with Crippen molar-refractivity contribution < 1.29 is 22.1 Å². The molecular formula is C27H20N2O5S. The minimum Gasteiger partial charge on any atom is -0.497 e. The molecule has 0 aliphatic carbocycles. The molecule has 0 saturated carbocycles. The third kappa shape index (κ3) is 5.49. The quantitative estimate of drug-likeness (QED) is 0.221. The largest absolute Gasteiger partial charge is 0.497 e. The van der Waals surface area contributed by atoms with Crippen molar-refractivity contribution in [1.82, 2.24) is 0 Å². The minimum atomic E-state index is -4.03. The Kier molecular flexibility index (Phi) is 6.81. The summed E-state index contributed by atoms with van der Waals surface area (Å²) in [6.07, 6.45) is 1.42. The van der Waals surface area contributed by atoms with Crippen LogP contribution in [-0.2, 0) is 14.9 Å². The number of rotatable bonds is 7. The number of amides is 1. The van der Waals surface area contributed by atoms with Crippen LogP contribution in [0, 0.1) is 11.3 Å². The van der Waals surface area contributed by atoms with Gasteiger partial charge in [0, 0.05) is 11.1 Å². The van der Waals surface area contributed by atoms with Crippen LogP contribution in [0.2, 0.25) is 0 Å². The normalized spacial score (nSPS) is 11.5. The maximum atomic E-state index is 12.7. The Bertz CT molecular complexity index is 1550. The van der Waals surface area contributed by atoms with Gasteiger partial charge < -0.3 is 14.2 Å². The molecule has 0 fully saturated rings. The summed E-state index contributed by atoms with van der Waals surface area (Å²) >= 11 is 0. The lowest BCUT2D eigenvalue weighted by molar-refractivity contribution is -0.112. The zero-order chi connectivity index (χ0) is 24.8. The van der Waals surface area contributed by atoms with Crippen LogP contribution in [0.5, 0.6) is 11.5 Å². The minimum absolute atomic E-state index is 0.0147. The van der Waals surface area contributed by atoms with Crippen LogP contribution in [0.25, 0.3) is 16.8 Å². The Labute approximate surface area is 203 Å². The summed E-state index contributed by atoms with van der Waals surface area (Å²) in [7, 11) is -2.55. The average Bonchev–Trinajstić information content (AvgIpc) is 2.88. The maximum absolute atomic E-state index is 12.7. The van der Waals surface area contributed by atoms with Gasteiger partial charge in [0.15, 0.2) is 0 Å². The average molecular weight is 485 g/mol. The van der Waals surface area contributed by atoms with Gasteiger partial charge in [-0.1, -0.05) is 48.5 Å². The molecule has 0 aliphatic heterocycles. The first-order valence-electron chi connectivity index (χ1n) is 10.5. The maximum Gasteiger partial charge on any atom is 0.339 e. The van der Waals surface area contributed by atoms with Crippen molar-refractivity contribution in [3.05, 3.63) is 102 Å². The highest BCUT2D eigenvalue weighted by atomic mass is 32.2. The van der Waals surface area contributed by atoms with Crippen molar-refractivity contribution in [3.63, 3.8) is 0 Å². The Hall–Kier alpha value is -4.61.